The van der Waals surface area contributed by atoms with Gasteiger partial charge in [0.15, 0.2) is 0 Å². The molecule has 0 radical (unpaired) electrons. The monoisotopic (exact) mass is 226 g/mol. The van der Waals surface area contributed by atoms with Gasteiger partial charge in [-0.2, -0.15) is 0 Å². The summed E-state index contributed by atoms with van der Waals surface area (Å²) in [6.07, 6.45) is 3.76. The van der Waals surface area contributed by atoms with E-state index in [0.29, 0.717) is 6.04 Å². The van der Waals surface area contributed by atoms with Crippen molar-refractivity contribution in [3.8, 4) is 0 Å². The number of pyridine rings is 1. The van der Waals surface area contributed by atoms with Gasteiger partial charge in [0.05, 0.1) is 0 Å². The summed E-state index contributed by atoms with van der Waals surface area (Å²) in [6.45, 7) is 5.16. The lowest BCUT2D eigenvalue weighted by Crippen LogP contribution is -2.18. The maximum absolute atomic E-state index is 4.16. The summed E-state index contributed by atoms with van der Waals surface area (Å²) in [5.41, 5.74) is 3.86. The zero-order valence-corrected chi connectivity index (χ0v) is 10.4. The van der Waals surface area contributed by atoms with Gasteiger partial charge in [-0.05, 0) is 36.6 Å². The molecule has 0 bridgehead atoms. The Labute approximate surface area is 103 Å². The molecule has 0 aliphatic carbocycles. The zero-order valence-electron chi connectivity index (χ0n) is 10.4. The average Bonchev–Trinajstić information content (AvgIpc) is 2.38. The Morgan fingerprint density at radius 2 is 1.94 bits per heavy atom. The van der Waals surface area contributed by atoms with Gasteiger partial charge in [0, 0.05) is 25.0 Å². The van der Waals surface area contributed by atoms with Crippen LogP contribution in [0.15, 0.2) is 48.8 Å². The van der Waals surface area contributed by atoms with E-state index in [-0.39, 0.29) is 0 Å². The van der Waals surface area contributed by atoms with Crippen molar-refractivity contribution in [3.63, 3.8) is 0 Å². The first kappa shape index (κ1) is 11.8. The standard InChI is InChI=1S/C15H18N2/c1-12-8-9-16-10-15(12)11-17-13(2)14-6-4-3-5-7-14/h3-10,13,17H,11H2,1-2H3/t13-/m1/s1. The Morgan fingerprint density at radius 3 is 2.65 bits per heavy atom. The highest BCUT2D eigenvalue weighted by molar-refractivity contribution is 5.22. The highest BCUT2D eigenvalue weighted by Crippen LogP contribution is 2.13. The quantitative estimate of drug-likeness (QED) is 0.865. The number of hydrogen-bond acceptors (Lipinski definition) is 2. The van der Waals surface area contributed by atoms with Crippen molar-refractivity contribution >= 4 is 0 Å². The molecule has 0 saturated carbocycles. The first-order chi connectivity index (χ1) is 8.27. The van der Waals surface area contributed by atoms with Gasteiger partial charge in [0.1, 0.15) is 0 Å². The van der Waals surface area contributed by atoms with E-state index in [9.17, 15) is 0 Å². The van der Waals surface area contributed by atoms with Crippen LogP contribution in [0.3, 0.4) is 0 Å². The van der Waals surface area contributed by atoms with E-state index in [4.69, 9.17) is 0 Å². The van der Waals surface area contributed by atoms with E-state index < -0.39 is 0 Å². The Balaban J connectivity index is 1.97. The fraction of sp³-hybridized carbons (Fsp3) is 0.267. The summed E-state index contributed by atoms with van der Waals surface area (Å²) in [6, 6.07) is 12.9. The normalized spacial score (nSPS) is 12.4. The van der Waals surface area contributed by atoms with Gasteiger partial charge in [-0.25, -0.2) is 0 Å². The maximum Gasteiger partial charge on any atom is 0.0315 e. The van der Waals surface area contributed by atoms with Crippen LogP contribution in [-0.4, -0.2) is 4.98 Å². The van der Waals surface area contributed by atoms with Crippen molar-refractivity contribution in [1.82, 2.24) is 10.3 Å². The number of benzene rings is 1. The molecular formula is C15H18N2. The van der Waals surface area contributed by atoms with Crippen LogP contribution in [0.4, 0.5) is 0 Å². The van der Waals surface area contributed by atoms with Gasteiger partial charge in [-0.3, -0.25) is 4.98 Å². The molecule has 88 valence electrons. The van der Waals surface area contributed by atoms with E-state index >= 15 is 0 Å². The number of hydrogen-bond donors (Lipinski definition) is 1. The second-order valence-electron chi connectivity index (χ2n) is 4.32. The summed E-state index contributed by atoms with van der Waals surface area (Å²) in [5, 5.41) is 3.52. The van der Waals surface area contributed by atoms with Gasteiger partial charge in [-0.1, -0.05) is 30.3 Å². The van der Waals surface area contributed by atoms with Crippen molar-refractivity contribution in [2.24, 2.45) is 0 Å². The number of rotatable bonds is 4. The molecule has 1 aromatic carbocycles. The third-order valence-electron chi connectivity index (χ3n) is 3.05. The highest BCUT2D eigenvalue weighted by Gasteiger charge is 2.04. The lowest BCUT2D eigenvalue weighted by atomic mass is 10.1. The smallest absolute Gasteiger partial charge is 0.0315 e. The van der Waals surface area contributed by atoms with E-state index in [1.807, 2.05) is 24.5 Å². The molecule has 0 fully saturated rings. The largest absolute Gasteiger partial charge is 0.306 e. The van der Waals surface area contributed by atoms with Crippen LogP contribution >= 0.6 is 0 Å². The Kier molecular flexibility index (Phi) is 3.89. The van der Waals surface area contributed by atoms with Crippen LogP contribution in [0.5, 0.6) is 0 Å². The second-order valence-corrected chi connectivity index (χ2v) is 4.32. The number of nitrogens with zero attached hydrogens (tertiary/aromatic N) is 1. The molecule has 17 heavy (non-hydrogen) atoms. The van der Waals surface area contributed by atoms with Gasteiger partial charge in [-0.15, -0.1) is 0 Å². The van der Waals surface area contributed by atoms with Gasteiger partial charge in [0.25, 0.3) is 0 Å². The predicted octanol–water partition coefficient (Wildman–Crippen LogP) is 3.24. The number of aromatic nitrogens is 1. The minimum absolute atomic E-state index is 0.357. The van der Waals surface area contributed by atoms with Crippen LogP contribution in [0.2, 0.25) is 0 Å². The van der Waals surface area contributed by atoms with E-state index in [1.165, 1.54) is 16.7 Å². The SMILES string of the molecule is Cc1ccncc1CN[C@H](C)c1ccccc1. The Morgan fingerprint density at radius 1 is 1.18 bits per heavy atom. The second kappa shape index (κ2) is 5.60. The van der Waals surface area contributed by atoms with Crippen molar-refractivity contribution in [2.75, 3.05) is 0 Å². The molecule has 1 aromatic heterocycles. The number of aryl methyl sites for hydroxylation is 1. The van der Waals surface area contributed by atoms with Crippen LogP contribution < -0.4 is 5.32 Å². The van der Waals surface area contributed by atoms with Crippen LogP contribution in [0.25, 0.3) is 0 Å². The molecule has 0 amide bonds. The molecule has 0 saturated heterocycles. The molecular weight excluding hydrogens is 208 g/mol. The minimum atomic E-state index is 0.357. The average molecular weight is 226 g/mol. The fourth-order valence-corrected chi connectivity index (χ4v) is 1.80. The van der Waals surface area contributed by atoms with Crippen LogP contribution in [0.1, 0.15) is 29.7 Å². The summed E-state index contributed by atoms with van der Waals surface area (Å²) in [5.74, 6) is 0. The predicted molar refractivity (Wildman–Crippen MR) is 70.7 cm³/mol. The molecule has 2 nitrogen and oxygen atoms in total. The first-order valence-electron chi connectivity index (χ1n) is 5.95. The van der Waals surface area contributed by atoms with Crippen LogP contribution in [0, 0.1) is 6.92 Å². The topological polar surface area (TPSA) is 24.9 Å². The van der Waals surface area contributed by atoms with E-state index in [1.54, 1.807) is 0 Å². The summed E-state index contributed by atoms with van der Waals surface area (Å²) in [7, 11) is 0. The van der Waals surface area contributed by atoms with Crippen molar-refractivity contribution in [3.05, 3.63) is 65.5 Å². The maximum atomic E-state index is 4.16. The van der Waals surface area contributed by atoms with Gasteiger partial charge in [0.2, 0.25) is 0 Å². The molecule has 1 N–H and O–H groups in total. The minimum Gasteiger partial charge on any atom is -0.306 e. The fourth-order valence-electron chi connectivity index (χ4n) is 1.80. The lowest BCUT2D eigenvalue weighted by molar-refractivity contribution is 0.572. The van der Waals surface area contributed by atoms with Crippen molar-refractivity contribution < 1.29 is 0 Å². The molecule has 0 spiro atoms. The third kappa shape index (κ3) is 3.14. The summed E-state index contributed by atoms with van der Waals surface area (Å²) < 4.78 is 0. The molecule has 2 rings (SSSR count). The molecule has 1 atom stereocenters. The van der Waals surface area contributed by atoms with E-state index in [2.05, 4.69) is 48.4 Å². The van der Waals surface area contributed by atoms with Crippen LogP contribution in [-0.2, 0) is 6.54 Å². The van der Waals surface area contributed by atoms with Crippen molar-refractivity contribution in [2.45, 2.75) is 26.4 Å². The molecule has 0 aliphatic rings. The van der Waals surface area contributed by atoms with Crippen molar-refractivity contribution in [1.29, 1.82) is 0 Å². The molecule has 1 heterocycles. The Bertz CT molecular complexity index is 465. The lowest BCUT2D eigenvalue weighted by Gasteiger charge is -2.15. The highest BCUT2D eigenvalue weighted by atomic mass is 14.9. The summed E-state index contributed by atoms with van der Waals surface area (Å²) in [4.78, 5) is 4.16. The molecule has 2 heteroatoms. The first-order valence-corrected chi connectivity index (χ1v) is 5.95. The molecule has 0 unspecified atom stereocenters. The molecule has 2 aromatic rings. The molecule has 0 aliphatic heterocycles. The third-order valence-corrected chi connectivity index (χ3v) is 3.05. The van der Waals surface area contributed by atoms with Gasteiger partial charge >= 0.3 is 0 Å². The number of nitrogens with one attached hydrogen (secondary N) is 1. The van der Waals surface area contributed by atoms with E-state index in [0.717, 1.165) is 6.54 Å². The Hall–Kier alpha value is -1.67. The van der Waals surface area contributed by atoms with Gasteiger partial charge < -0.3 is 5.32 Å². The zero-order chi connectivity index (χ0) is 12.1. The summed E-state index contributed by atoms with van der Waals surface area (Å²) >= 11 is 0.